The van der Waals surface area contributed by atoms with Crippen LogP contribution >= 0.6 is 0 Å². The highest BCUT2D eigenvalue weighted by Gasteiger charge is 2.39. The van der Waals surface area contributed by atoms with Crippen molar-refractivity contribution in [2.75, 3.05) is 19.0 Å². The number of hydrogen-bond acceptors (Lipinski definition) is 7. The van der Waals surface area contributed by atoms with E-state index < -0.39 is 5.91 Å². The summed E-state index contributed by atoms with van der Waals surface area (Å²) in [5.41, 5.74) is 8.84. The summed E-state index contributed by atoms with van der Waals surface area (Å²) in [6, 6.07) is 0. The lowest BCUT2D eigenvalue weighted by molar-refractivity contribution is 0.1000. The fourth-order valence-electron chi connectivity index (χ4n) is 3.62. The number of ether oxygens (including phenoxy) is 1. The zero-order valence-corrected chi connectivity index (χ0v) is 17.4. The number of carbonyl (C=O) groups is 1. The second kappa shape index (κ2) is 6.84. The van der Waals surface area contributed by atoms with Crippen molar-refractivity contribution < 1.29 is 13.9 Å². The fourth-order valence-corrected chi connectivity index (χ4v) is 3.62. The molecule has 3 aromatic heterocycles. The Balaban J connectivity index is 1.91. The maximum atomic E-state index is 12.1. The fraction of sp³-hybridized carbons (Fsp3) is 0.500. The van der Waals surface area contributed by atoms with E-state index in [1.54, 1.807) is 14.0 Å². The number of aryl methyl sites for hydroxylation is 2. The third kappa shape index (κ3) is 3.35. The smallest absolute Gasteiger partial charge is 0.253 e. The molecule has 1 aliphatic rings. The minimum absolute atomic E-state index is 0.0502. The number of methoxy groups -OCH3 is 1. The summed E-state index contributed by atoms with van der Waals surface area (Å²) >= 11 is 0. The van der Waals surface area contributed by atoms with E-state index in [2.05, 4.69) is 22.3 Å². The van der Waals surface area contributed by atoms with Gasteiger partial charge in [0.1, 0.15) is 11.6 Å². The number of rotatable bonds is 7. The third-order valence-electron chi connectivity index (χ3n) is 5.51. The lowest BCUT2D eigenvalue weighted by Crippen LogP contribution is -2.19. The molecule has 4 rings (SSSR count). The van der Waals surface area contributed by atoms with E-state index in [9.17, 15) is 4.79 Å². The molecule has 0 bridgehead atoms. The molecule has 3 aromatic rings. The van der Waals surface area contributed by atoms with Gasteiger partial charge in [0.2, 0.25) is 5.71 Å². The van der Waals surface area contributed by atoms with Gasteiger partial charge in [0.25, 0.3) is 5.91 Å². The van der Waals surface area contributed by atoms with Crippen molar-refractivity contribution in [3.8, 4) is 11.4 Å². The predicted molar refractivity (Wildman–Crippen MR) is 109 cm³/mol. The van der Waals surface area contributed by atoms with Crippen LogP contribution in [0.15, 0.2) is 4.42 Å². The van der Waals surface area contributed by atoms with Crippen molar-refractivity contribution in [3.63, 3.8) is 0 Å². The summed E-state index contributed by atoms with van der Waals surface area (Å²) in [4.78, 5) is 21.5. The topological polar surface area (TPSA) is 121 Å². The van der Waals surface area contributed by atoms with Gasteiger partial charge in [-0.1, -0.05) is 0 Å². The molecular weight excluding hydrogens is 372 g/mol. The molecule has 29 heavy (non-hydrogen) atoms. The number of nitrogens with zero attached hydrogens (tertiary/aromatic N) is 4. The van der Waals surface area contributed by atoms with Gasteiger partial charge in [-0.3, -0.25) is 9.48 Å². The number of aromatic nitrogens is 4. The van der Waals surface area contributed by atoms with Crippen molar-refractivity contribution in [1.82, 2.24) is 19.7 Å². The predicted octanol–water partition coefficient (Wildman–Crippen LogP) is 2.72. The molecular formula is C20H26N6O3. The Bertz CT molecular complexity index is 1110. The minimum Gasteiger partial charge on any atom is -0.442 e. The Labute approximate surface area is 168 Å². The Morgan fingerprint density at radius 3 is 2.66 bits per heavy atom. The van der Waals surface area contributed by atoms with E-state index in [1.807, 2.05) is 18.5 Å². The molecule has 0 aliphatic heterocycles. The van der Waals surface area contributed by atoms with Crippen LogP contribution < -0.4 is 11.1 Å². The molecule has 1 saturated carbocycles. The lowest BCUT2D eigenvalue weighted by atomic mass is 10.1. The van der Waals surface area contributed by atoms with Crippen LogP contribution in [0.3, 0.4) is 0 Å². The maximum Gasteiger partial charge on any atom is 0.253 e. The lowest BCUT2D eigenvalue weighted by Gasteiger charge is -2.14. The summed E-state index contributed by atoms with van der Waals surface area (Å²) in [6.45, 7) is 8.94. The normalized spacial score (nSPS) is 15.1. The van der Waals surface area contributed by atoms with Crippen LogP contribution in [0.4, 0.5) is 5.82 Å². The molecule has 1 aliphatic carbocycles. The number of furan rings is 1. The van der Waals surface area contributed by atoms with Gasteiger partial charge in [-0.25, -0.2) is 4.98 Å². The standard InChI is InChI=1S/C20H26N6O3/c1-10-13(11(2)26(25-10)8-9-28-5)17-22-18(24-20(4)6-7-20)15-14(16(21)27)12(3)29-19(15)23-17/h6-9H2,1-5H3,(H2,21,27)(H,22,23,24). The first-order valence-corrected chi connectivity index (χ1v) is 9.66. The van der Waals surface area contributed by atoms with Gasteiger partial charge in [0.15, 0.2) is 5.82 Å². The Morgan fingerprint density at radius 2 is 2.03 bits per heavy atom. The van der Waals surface area contributed by atoms with Gasteiger partial charge in [-0.05, 0) is 40.5 Å². The van der Waals surface area contributed by atoms with Gasteiger partial charge in [-0.15, -0.1) is 0 Å². The zero-order chi connectivity index (χ0) is 20.9. The molecule has 0 spiro atoms. The van der Waals surface area contributed by atoms with Crippen LogP contribution in [0.1, 0.15) is 47.3 Å². The summed E-state index contributed by atoms with van der Waals surface area (Å²) < 4.78 is 12.9. The first-order valence-electron chi connectivity index (χ1n) is 9.66. The molecule has 9 nitrogen and oxygen atoms in total. The highest BCUT2D eigenvalue weighted by molar-refractivity contribution is 6.09. The van der Waals surface area contributed by atoms with E-state index in [4.69, 9.17) is 19.9 Å². The van der Waals surface area contributed by atoms with Gasteiger partial charge < -0.3 is 20.2 Å². The monoisotopic (exact) mass is 398 g/mol. The first kappa shape index (κ1) is 19.4. The van der Waals surface area contributed by atoms with E-state index >= 15 is 0 Å². The van der Waals surface area contributed by atoms with Crippen molar-refractivity contribution in [1.29, 1.82) is 0 Å². The molecule has 3 heterocycles. The van der Waals surface area contributed by atoms with Crippen molar-refractivity contribution in [3.05, 3.63) is 22.7 Å². The molecule has 0 saturated heterocycles. The molecule has 0 atom stereocenters. The third-order valence-corrected chi connectivity index (χ3v) is 5.51. The number of anilines is 1. The Morgan fingerprint density at radius 1 is 1.31 bits per heavy atom. The van der Waals surface area contributed by atoms with Crippen LogP contribution in [0, 0.1) is 20.8 Å². The molecule has 1 amide bonds. The Hall–Kier alpha value is -2.94. The summed E-state index contributed by atoms with van der Waals surface area (Å²) in [6.07, 6.45) is 2.06. The molecule has 154 valence electrons. The minimum atomic E-state index is -0.554. The van der Waals surface area contributed by atoms with Gasteiger partial charge >= 0.3 is 0 Å². The highest BCUT2D eigenvalue weighted by atomic mass is 16.5. The number of fused-ring (bicyclic) bond motifs is 1. The van der Waals surface area contributed by atoms with Crippen LogP contribution in [-0.2, 0) is 11.3 Å². The van der Waals surface area contributed by atoms with Crippen LogP contribution in [-0.4, -0.2) is 44.9 Å². The Kier molecular flexibility index (Phi) is 4.57. The summed E-state index contributed by atoms with van der Waals surface area (Å²) in [5.74, 6) is 0.959. The molecule has 3 N–H and O–H groups in total. The van der Waals surface area contributed by atoms with E-state index in [1.165, 1.54) is 0 Å². The largest absolute Gasteiger partial charge is 0.442 e. The van der Waals surface area contributed by atoms with E-state index in [0.717, 1.165) is 29.8 Å². The number of carbonyl (C=O) groups excluding carboxylic acids is 1. The number of hydrogen-bond donors (Lipinski definition) is 2. The van der Waals surface area contributed by atoms with Crippen molar-refractivity contribution in [2.24, 2.45) is 5.73 Å². The quantitative estimate of drug-likeness (QED) is 0.627. The number of nitrogens with one attached hydrogen (secondary N) is 1. The van der Waals surface area contributed by atoms with Crippen LogP contribution in [0.25, 0.3) is 22.5 Å². The highest BCUT2D eigenvalue weighted by Crippen LogP contribution is 2.41. The summed E-state index contributed by atoms with van der Waals surface area (Å²) in [7, 11) is 1.66. The second-order valence-corrected chi connectivity index (χ2v) is 7.92. The number of nitrogens with two attached hydrogens (primary N) is 1. The number of primary amides is 1. The summed E-state index contributed by atoms with van der Waals surface area (Å²) in [5, 5.41) is 8.61. The zero-order valence-electron chi connectivity index (χ0n) is 17.4. The van der Waals surface area contributed by atoms with Crippen LogP contribution in [0.2, 0.25) is 0 Å². The SMILES string of the molecule is COCCn1nc(C)c(-c2nc(NC3(C)CC3)c3c(C(N)=O)c(C)oc3n2)c1C. The number of amides is 1. The van der Waals surface area contributed by atoms with Crippen molar-refractivity contribution >= 4 is 22.8 Å². The second-order valence-electron chi connectivity index (χ2n) is 7.92. The molecule has 0 aromatic carbocycles. The van der Waals surface area contributed by atoms with E-state index in [-0.39, 0.29) is 5.54 Å². The molecule has 1 fully saturated rings. The van der Waals surface area contributed by atoms with Gasteiger partial charge in [-0.2, -0.15) is 10.1 Å². The van der Waals surface area contributed by atoms with Crippen LogP contribution in [0.5, 0.6) is 0 Å². The van der Waals surface area contributed by atoms with Gasteiger partial charge in [0.05, 0.1) is 35.4 Å². The van der Waals surface area contributed by atoms with Crippen molar-refractivity contribution in [2.45, 2.75) is 52.6 Å². The molecule has 9 heteroatoms. The first-order chi connectivity index (χ1) is 13.7. The average molecular weight is 398 g/mol. The van der Waals surface area contributed by atoms with Gasteiger partial charge in [0, 0.05) is 18.3 Å². The molecule has 0 unspecified atom stereocenters. The van der Waals surface area contributed by atoms with E-state index in [0.29, 0.717) is 47.2 Å². The molecule has 0 radical (unpaired) electrons. The average Bonchev–Trinajstić information content (AvgIpc) is 3.15. The maximum absolute atomic E-state index is 12.1.